The fourth-order valence-corrected chi connectivity index (χ4v) is 2.03. The largest absolute Gasteiger partial charge is 0.459 e. The van der Waals surface area contributed by atoms with Gasteiger partial charge in [-0.1, -0.05) is 12.1 Å². The minimum absolute atomic E-state index is 0.0800. The summed E-state index contributed by atoms with van der Waals surface area (Å²) in [5.74, 6) is -0.830. The van der Waals surface area contributed by atoms with Crippen LogP contribution in [-0.2, 0) is 15.7 Å². The van der Waals surface area contributed by atoms with E-state index < -0.39 is 23.8 Å². The summed E-state index contributed by atoms with van der Waals surface area (Å²) in [6, 6.07) is 4.56. The van der Waals surface area contributed by atoms with Gasteiger partial charge in [0, 0.05) is 5.92 Å². The highest BCUT2D eigenvalue weighted by atomic mass is 19.4. The van der Waals surface area contributed by atoms with E-state index in [0.717, 1.165) is 12.1 Å². The molecule has 18 heavy (non-hydrogen) atoms. The average Bonchev–Trinajstić information content (AvgIpc) is 2.69. The van der Waals surface area contributed by atoms with Gasteiger partial charge in [0.15, 0.2) is 0 Å². The lowest BCUT2D eigenvalue weighted by molar-refractivity contribution is -0.142. The number of aliphatic hydroxyl groups is 1. The number of alkyl halides is 3. The molecule has 1 aromatic carbocycles. The summed E-state index contributed by atoms with van der Waals surface area (Å²) < 4.78 is 42.0. The number of esters is 1. The van der Waals surface area contributed by atoms with Gasteiger partial charge < -0.3 is 9.84 Å². The first-order chi connectivity index (χ1) is 8.41. The van der Waals surface area contributed by atoms with Crippen molar-refractivity contribution < 1.29 is 27.8 Å². The van der Waals surface area contributed by atoms with Gasteiger partial charge in [-0.2, -0.15) is 13.2 Å². The molecule has 0 aromatic heterocycles. The lowest BCUT2D eigenvalue weighted by atomic mass is 9.92. The van der Waals surface area contributed by atoms with Gasteiger partial charge in [-0.3, -0.25) is 4.79 Å². The zero-order valence-electron chi connectivity index (χ0n) is 9.28. The molecule has 1 heterocycles. The zero-order valence-corrected chi connectivity index (χ0v) is 9.28. The van der Waals surface area contributed by atoms with Crippen LogP contribution in [0.4, 0.5) is 13.2 Å². The van der Waals surface area contributed by atoms with Crippen LogP contribution >= 0.6 is 0 Å². The number of benzene rings is 1. The molecule has 0 saturated carbocycles. The van der Waals surface area contributed by atoms with Crippen LogP contribution in [-0.4, -0.2) is 23.8 Å². The number of cyclic esters (lactones) is 1. The molecule has 98 valence electrons. The summed E-state index contributed by atoms with van der Waals surface area (Å²) in [4.78, 5) is 11.1. The van der Waals surface area contributed by atoms with Gasteiger partial charge in [-0.15, -0.1) is 0 Å². The van der Waals surface area contributed by atoms with Crippen LogP contribution in [0.15, 0.2) is 24.3 Å². The minimum Gasteiger partial charge on any atom is -0.459 e. The third kappa shape index (κ3) is 2.48. The predicted octanol–water partition coefficient (Wildman–Crippen LogP) is 2.10. The van der Waals surface area contributed by atoms with Crippen LogP contribution in [0.25, 0.3) is 0 Å². The first-order valence-electron chi connectivity index (χ1n) is 5.39. The van der Waals surface area contributed by atoms with Crippen LogP contribution in [0.3, 0.4) is 0 Å². The Hall–Kier alpha value is -1.56. The molecule has 0 aliphatic carbocycles. The third-order valence-electron chi connectivity index (χ3n) is 2.96. The Morgan fingerprint density at radius 2 is 1.89 bits per heavy atom. The monoisotopic (exact) mass is 260 g/mol. The Morgan fingerprint density at radius 3 is 2.39 bits per heavy atom. The van der Waals surface area contributed by atoms with E-state index in [0.29, 0.717) is 5.56 Å². The van der Waals surface area contributed by atoms with Crippen molar-refractivity contribution in [2.45, 2.75) is 24.6 Å². The van der Waals surface area contributed by atoms with E-state index >= 15 is 0 Å². The maximum atomic E-state index is 12.4. The molecule has 2 atom stereocenters. The van der Waals surface area contributed by atoms with Crippen molar-refractivity contribution in [3.63, 3.8) is 0 Å². The second-order valence-corrected chi connectivity index (χ2v) is 4.14. The molecular weight excluding hydrogens is 249 g/mol. The number of hydrogen-bond donors (Lipinski definition) is 1. The highest BCUT2D eigenvalue weighted by molar-refractivity contribution is 5.73. The number of hydrogen-bond acceptors (Lipinski definition) is 3. The zero-order chi connectivity index (χ0) is 13.3. The molecule has 1 aromatic rings. The molecule has 1 fully saturated rings. The van der Waals surface area contributed by atoms with Crippen LogP contribution in [0.1, 0.15) is 23.5 Å². The molecule has 0 spiro atoms. The number of carbonyl (C=O) groups is 1. The van der Waals surface area contributed by atoms with Crippen molar-refractivity contribution in [3.05, 3.63) is 35.4 Å². The minimum atomic E-state index is -4.38. The van der Waals surface area contributed by atoms with Crippen LogP contribution in [0.2, 0.25) is 0 Å². The van der Waals surface area contributed by atoms with Gasteiger partial charge in [0.2, 0.25) is 0 Å². The van der Waals surface area contributed by atoms with Crippen molar-refractivity contribution in [1.82, 2.24) is 0 Å². The van der Waals surface area contributed by atoms with Gasteiger partial charge in [0.05, 0.1) is 18.6 Å². The standard InChI is InChI=1S/C12H11F3O3/c13-12(14,15)8-3-1-7(2-4-8)9-5-11(17)18-10(9)6-16/h1-4,9-10,16H,5-6H2/t9-,10-/m0/s1. The van der Waals surface area contributed by atoms with Crippen LogP contribution in [0, 0.1) is 0 Å². The first-order valence-corrected chi connectivity index (χ1v) is 5.39. The summed E-state index contributed by atoms with van der Waals surface area (Å²) in [7, 11) is 0. The highest BCUT2D eigenvalue weighted by Crippen LogP contribution is 2.34. The van der Waals surface area contributed by atoms with Crippen LogP contribution in [0.5, 0.6) is 0 Å². The first kappa shape index (κ1) is 12.9. The van der Waals surface area contributed by atoms with Gasteiger partial charge in [0.1, 0.15) is 6.10 Å². The molecule has 1 N–H and O–H groups in total. The Balaban J connectivity index is 2.22. The summed E-state index contributed by atoms with van der Waals surface area (Å²) in [6.45, 7) is -0.336. The van der Waals surface area contributed by atoms with Crippen molar-refractivity contribution >= 4 is 5.97 Å². The number of carbonyl (C=O) groups excluding carboxylic acids is 1. The van der Waals surface area contributed by atoms with Gasteiger partial charge in [-0.05, 0) is 17.7 Å². The fourth-order valence-electron chi connectivity index (χ4n) is 2.03. The number of rotatable bonds is 2. The Kier molecular flexibility index (Phi) is 3.30. The second-order valence-electron chi connectivity index (χ2n) is 4.14. The predicted molar refractivity (Wildman–Crippen MR) is 55.8 cm³/mol. The third-order valence-corrected chi connectivity index (χ3v) is 2.96. The summed E-state index contributed by atoms with van der Waals surface area (Å²) >= 11 is 0. The lowest BCUT2D eigenvalue weighted by Gasteiger charge is -2.16. The molecule has 1 aliphatic heterocycles. The number of halogens is 3. The van der Waals surface area contributed by atoms with E-state index in [1.165, 1.54) is 12.1 Å². The maximum Gasteiger partial charge on any atom is 0.416 e. The fraction of sp³-hybridized carbons (Fsp3) is 0.417. The molecule has 0 unspecified atom stereocenters. The molecule has 6 heteroatoms. The van der Waals surface area contributed by atoms with E-state index in [1.54, 1.807) is 0 Å². The molecular formula is C12H11F3O3. The van der Waals surface area contributed by atoms with E-state index in [-0.39, 0.29) is 18.9 Å². The lowest BCUT2D eigenvalue weighted by Crippen LogP contribution is -2.19. The van der Waals surface area contributed by atoms with Crippen molar-refractivity contribution in [3.8, 4) is 0 Å². The second kappa shape index (κ2) is 4.61. The molecule has 0 bridgehead atoms. The summed E-state index contributed by atoms with van der Waals surface area (Å²) in [5.41, 5.74) is -0.176. The highest BCUT2D eigenvalue weighted by Gasteiger charge is 2.36. The topological polar surface area (TPSA) is 46.5 Å². The van der Waals surface area contributed by atoms with E-state index in [9.17, 15) is 18.0 Å². The molecule has 2 rings (SSSR count). The number of aliphatic hydroxyl groups excluding tert-OH is 1. The molecule has 0 radical (unpaired) electrons. The maximum absolute atomic E-state index is 12.4. The van der Waals surface area contributed by atoms with E-state index in [1.807, 2.05) is 0 Å². The van der Waals surface area contributed by atoms with Crippen molar-refractivity contribution in [2.24, 2.45) is 0 Å². The van der Waals surface area contributed by atoms with E-state index in [2.05, 4.69) is 0 Å². The molecule has 0 amide bonds. The Labute approximate surface area is 101 Å². The summed E-state index contributed by atoms with van der Waals surface area (Å²) in [6.07, 6.45) is -4.97. The Bertz CT molecular complexity index is 439. The van der Waals surface area contributed by atoms with Gasteiger partial charge in [0.25, 0.3) is 0 Å². The van der Waals surface area contributed by atoms with E-state index in [4.69, 9.17) is 9.84 Å². The quantitative estimate of drug-likeness (QED) is 0.828. The normalized spacial score (nSPS) is 24.1. The number of ether oxygens (including phenoxy) is 1. The molecule has 1 aliphatic rings. The van der Waals surface area contributed by atoms with Crippen LogP contribution < -0.4 is 0 Å². The molecule has 3 nitrogen and oxygen atoms in total. The smallest absolute Gasteiger partial charge is 0.416 e. The Morgan fingerprint density at radius 1 is 1.28 bits per heavy atom. The van der Waals surface area contributed by atoms with Crippen molar-refractivity contribution in [2.75, 3.05) is 6.61 Å². The average molecular weight is 260 g/mol. The van der Waals surface area contributed by atoms with Gasteiger partial charge >= 0.3 is 12.1 Å². The van der Waals surface area contributed by atoms with Gasteiger partial charge in [-0.25, -0.2) is 0 Å². The summed E-state index contributed by atoms with van der Waals surface area (Å²) in [5, 5.41) is 9.04. The SMILES string of the molecule is O=C1C[C@@H](c2ccc(C(F)(F)F)cc2)[C@H](CO)O1. The molecule has 1 saturated heterocycles. The van der Waals surface area contributed by atoms with Crippen molar-refractivity contribution in [1.29, 1.82) is 0 Å².